The quantitative estimate of drug-likeness (QED) is 0.128. The molecule has 0 unspecified atom stereocenters. The Balaban J connectivity index is 4.86. The van der Waals surface area contributed by atoms with Gasteiger partial charge >= 0.3 is 0 Å². The minimum Gasteiger partial charge on any atom is -0.368 e. The normalized spacial score (nSPS) is 14.5. The van der Waals surface area contributed by atoms with Crippen LogP contribution < -0.4 is 38.1 Å². The lowest BCUT2D eigenvalue weighted by Crippen LogP contribution is -2.57. The number of carbonyl (C=O) groups is 6. The summed E-state index contributed by atoms with van der Waals surface area (Å²) in [7, 11) is 0. The highest BCUT2D eigenvalue weighted by atomic mass is 16.2. The molecule has 4 atom stereocenters. The van der Waals surface area contributed by atoms with Crippen molar-refractivity contribution >= 4 is 35.4 Å². The van der Waals surface area contributed by atoms with E-state index in [1.54, 1.807) is 55.4 Å². The number of hydrogen-bond donors (Lipinski definition) is 7. The molecule has 0 aromatic rings. The van der Waals surface area contributed by atoms with Crippen molar-refractivity contribution in [2.75, 3.05) is 13.1 Å². The SMILES string of the molecule is CC(C)[C@H](N)C(=O)N[C@H](C(=O)NCC(=O)NCC(=O)N[C@@H](C(=O)N[C@@H](C(N)=O)C(C)C)C(C)C)C(C)C. The largest absolute Gasteiger partial charge is 0.368 e. The molecule has 0 aromatic carbocycles. The summed E-state index contributed by atoms with van der Waals surface area (Å²) in [5.74, 6) is -4.50. The molecule has 37 heavy (non-hydrogen) atoms. The fourth-order valence-corrected chi connectivity index (χ4v) is 3.17. The lowest BCUT2D eigenvalue weighted by Gasteiger charge is -2.26. The van der Waals surface area contributed by atoms with Crippen molar-refractivity contribution in [2.45, 2.75) is 79.6 Å². The molecule has 212 valence electrons. The summed E-state index contributed by atoms with van der Waals surface area (Å²) in [4.78, 5) is 73.5. The summed E-state index contributed by atoms with van der Waals surface area (Å²) >= 11 is 0. The van der Waals surface area contributed by atoms with Gasteiger partial charge in [-0.25, -0.2) is 0 Å². The zero-order valence-electron chi connectivity index (χ0n) is 23.1. The van der Waals surface area contributed by atoms with E-state index in [0.717, 1.165) is 0 Å². The van der Waals surface area contributed by atoms with E-state index in [1.165, 1.54) is 0 Å². The standard InChI is InChI=1S/C24H45N7O6/c1-11(2)17(25)22(35)31-19(13(5)6)23(36)28-9-15(32)27-10-16(33)29-20(14(7)8)24(37)30-18(12(3)4)21(26)34/h11-14,17-20H,9-10,25H2,1-8H3,(H2,26,34)(H,27,32)(H,28,36)(H,29,33)(H,30,37)(H,31,35)/t17-,18+,19-,20+/m0/s1. The Kier molecular flexibility index (Phi) is 14.4. The molecule has 6 amide bonds. The lowest BCUT2D eigenvalue weighted by molar-refractivity contribution is -0.133. The van der Waals surface area contributed by atoms with E-state index >= 15 is 0 Å². The highest BCUT2D eigenvalue weighted by molar-refractivity contribution is 5.94. The number of amides is 6. The Morgan fingerprint density at radius 2 is 0.973 bits per heavy atom. The second kappa shape index (κ2) is 15.8. The molecule has 9 N–H and O–H groups in total. The van der Waals surface area contributed by atoms with Crippen molar-refractivity contribution in [3.63, 3.8) is 0 Å². The molecule has 0 fully saturated rings. The summed E-state index contributed by atoms with van der Waals surface area (Å²) in [6.07, 6.45) is 0. The van der Waals surface area contributed by atoms with Gasteiger partial charge in [0.05, 0.1) is 19.1 Å². The summed E-state index contributed by atoms with van der Waals surface area (Å²) in [5, 5.41) is 12.5. The molecular formula is C24H45N7O6. The molecule has 0 bridgehead atoms. The van der Waals surface area contributed by atoms with Crippen LogP contribution >= 0.6 is 0 Å². The van der Waals surface area contributed by atoms with E-state index in [0.29, 0.717) is 0 Å². The maximum Gasteiger partial charge on any atom is 0.243 e. The number of primary amides is 1. The Morgan fingerprint density at radius 3 is 1.41 bits per heavy atom. The summed E-state index contributed by atoms with van der Waals surface area (Å²) in [5.41, 5.74) is 11.2. The number of nitrogens with two attached hydrogens (primary N) is 2. The molecule has 0 aliphatic carbocycles. The van der Waals surface area contributed by atoms with Crippen molar-refractivity contribution in [3.05, 3.63) is 0 Å². The minimum absolute atomic E-state index is 0.117. The van der Waals surface area contributed by atoms with Crippen LogP contribution in [0.3, 0.4) is 0 Å². The molecule has 0 saturated heterocycles. The van der Waals surface area contributed by atoms with E-state index in [1.807, 2.05) is 0 Å². The smallest absolute Gasteiger partial charge is 0.243 e. The number of nitrogens with one attached hydrogen (secondary N) is 5. The first kappa shape index (κ1) is 33.8. The van der Waals surface area contributed by atoms with Gasteiger partial charge in [0.2, 0.25) is 35.4 Å². The van der Waals surface area contributed by atoms with Crippen LogP contribution in [0.25, 0.3) is 0 Å². The van der Waals surface area contributed by atoms with Crippen LogP contribution in [0.2, 0.25) is 0 Å². The molecule has 0 heterocycles. The van der Waals surface area contributed by atoms with Crippen LogP contribution in [-0.2, 0) is 28.8 Å². The Labute approximate surface area is 219 Å². The molecule has 0 aliphatic heterocycles. The molecule has 0 radical (unpaired) electrons. The van der Waals surface area contributed by atoms with E-state index in [4.69, 9.17) is 11.5 Å². The first-order chi connectivity index (χ1) is 17.0. The van der Waals surface area contributed by atoms with Crippen LogP contribution in [0.1, 0.15) is 55.4 Å². The van der Waals surface area contributed by atoms with Crippen LogP contribution in [0, 0.1) is 23.7 Å². The zero-order chi connectivity index (χ0) is 29.0. The topological polar surface area (TPSA) is 215 Å². The van der Waals surface area contributed by atoms with Gasteiger partial charge in [-0.1, -0.05) is 55.4 Å². The molecule has 0 saturated carbocycles. The van der Waals surface area contributed by atoms with E-state index < -0.39 is 72.7 Å². The number of carbonyl (C=O) groups excluding carboxylic acids is 6. The summed E-state index contributed by atoms with van der Waals surface area (Å²) < 4.78 is 0. The van der Waals surface area contributed by atoms with E-state index in [-0.39, 0.29) is 23.7 Å². The van der Waals surface area contributed by atoms with Gasteiger partial charge < -0.3 is 38.1 Å². The van der Waals surface area contributed by atoms with Crippen LogP contribution in [-0.4, -0.2) is 72.7 Å². The van der Waals surface area contributed by atoms with Crippen LogP contribution in [0.5, 0.6) is 0 Å². The average molecular weight is 528 g/mol. The molecule has 0 rings (SSSR count). The summed E-state index contributed by atoms with van der Waals surface area (Å²) in [6, 6.07) is -3.53. The molecule has 13 heteroatoms. The lowest BCUT2D eigenvalue weighted by atomic mass is 10.00. The molecule has 13 nitrogen and oxygen atoms in total. The van der Waals surface area contributed by atoms with Crippen molar-refractivity contribution in [3.8, 4) is 0 Å². The van der Waals surface area contributed by atoms with Crippen LogP contribution in [0.4, 0.5) is 0 Å². The van der Waals surface area contributed by atoms with Crippen molar-refractivity contribution < 1.29 is 28.8 Å². The van der Waals surface area contributed by atoms with Gasteiger partial charge in [0.1, 0.15) is 18.1 Å². The van der Waals surface area contributed by atoms with E-state index in [9.17, 15) is 28.8 Å². The Morgan fingerprint density at radius 1 is 0.541 bits per heavy atom. The Hall–Kier alpha value is -3.22. The fraction of sp³-hybridized carbons (Fsp3) is 0.750. The fourth-order valence-electron chi connectivity index (χ4n) is 3.17. The third-order valence-electron chi connectivity index (χ3n) is 5.67. The monoisotopic (exact) mass is 527 g/mol. The highest BCUT2D eigenvalue weighted by Crippen LogP contribution is 2.07. The molecule has 0 aromatic heterocycles. The second-order valence-corrected chi connectivity index (χ2v) is 10.4. The van der Waals surface area contributed by atoms with Crippen molar-refractivity contribution in [2.24, 2.45) is 35.1 Å². The second-order valence-electron chi connectivity index (χ2n) is 10.4. The van der Waals surface area contributed by atoms with Gasteiger partial charge in [-0.3, -0.25) is 28.8 Å². The molecular weight excluding hydrogens is 482 g/mol. The van der Waals surface area contributed by atoms with Crippen LogP contribution in [0.15, 0.2) is 0 Å². The van der Waals surface area contributed by atoms with Crippen molar-refractivity contribution in [1.82, 2.24) is 26.6 Å². The van der Waals surface area contributed by atoms with Gasteiger partial charge in [0.25, 0.3) is 0 Å². The van der Waals surface area contributed by atoms with Gasteiger partial charge in [-0.15, -0.1) is 0 Å². The highest BCUT2D eigenvalue weighted by Gasteiger charge is 2.30. The van der Waals surface area contributed by atoms with E-state index in [2.05, 4.69) is 26.6 Å². The van der Waals surface area contributed by atoms with Crippen molar-refractivity contribution in [1.29, 1.82) is 0 Å². The first-order valence-corrected chi connectivity index (χ1v) is 12.5. The Bertz CT molecular complexity index is 828. The van der Waals surface area contributed by atoms with Gasteiger partial charge in [0, 0.05) is 0 Å². The van der Waals surface area contributed by atoms with Gasteiger partial charge in [-0.05, 0) is 23.7 Å². The summed E-state index contributed by atoms with van der Waals surface area (Å²) in [6.45, 7) is 13.1. The number of rotatable bonds is 15. The maximum absolute atomic E-state index is 12.6. The first-order valence-electron chi connectivity index (χ1n) is 12.5. The maximum atomic E-state index is 12.6. The number of hydrogen-bond acceptors (Lipinski definition) is 7. The molecule has 0 aliphatic rings. The predicted octanol–water partition coefficient (Wildman–Crippen LogP) is -1.89. The predicted molar refractivity (Wildman–Crippen MR) is 138 cm³/mol. The minimum atomic E-state index is -0.961. The van der Waals surface area contributed by atoms with Gasteiger partial charge in [-0.2, -0.15) is 0 Å². The third-order valence-corrected chi connectivity index (χ3v) is 5.67. The average Bonchev–Trinajstić information content (AvgIpc) is 2.79. The third kappa shape index (κ3) is 12.0. The zero-order valence-corrected chi connectivity index (χ0v) is 23.1. The van der Waals surface area contributed by atoms with Gasteiger partial charge in [0.15, 0.2) is 0 Å². The molecule has 0 spiro atoms.